The minimum atomic E-state index is -0.162. The zero-order chi connectivity index (χ0) is 12.0. The first kappa shape index (κ1) is 11.2. The number of nitrogens with two attached hydrogens (primary N) is 1. The van der Waals surface area contributed by atoms with Gasteiger partial charge in [0.05, 0.1) is 12.2 Å². The van der Waals surface area contributed by atoms with Crippen molar-refractivity contribution in [2.45, 2.75) is 44.4 Å². The summed E-state index contributed by atoms with van der Waals surface area (Å²) in [5.41, 5.74) is 8.00. The molecule has 4 unspecified atom stereocenters. The Bertz CT molecular complexity index is 434. The van der Waals surface area contributed by atoms with E-state index in [1.165, 1.54) is 12.5 Å². The van der Waals surface area contributed by atoms with Crippen LogP contribution in [0.25, 0.3) is 0 Å². The van der Waals surface area contributed by atoms with Gasteiger partial charge in [-0.2, -0.15) is 0 Å². The van der Waals surface area contributed by atoms with Crippen molar-refractivity contribution in [1.29, 1.82) is 0 Å². The monoisotopic (exact) mass is 235 g/mol. The molecule has 2 aliphatic heterocycles. The van der Waals surface area contributed by atoms with Crippen molar-refractivity contribution in [3.8, 4) is 0 Å². The minimum absolute atomic E-state index is 0.0235. The summed E-state index contributed by atoms with van der Waals surface area (Å²) in [6.45, 7) is 1.78. The maximum absolute atomic E-state index is 13.2. The summed E-state index contributed by atoms with van der Waals surface area (Å²) in [4.78, 5) is 0. The first-order valence-electron chi connectivity index (χ1n) is 6.32. The Morgan fingerprint density at radius 1 is 1.41 bits per heavy atom. The van der Waals surface area contributed by atoms with Crippen molar-refractivity contribution in [3.63, 3.8) is 0 Å². The van der Waals surface area contributed by atoms with Crippen molar-refractivity contribution in [2.75, 3.05) is 0 Å². The molecule has 2 bridgehead atoms. The topological polar surface area (TPSA) is 35.2 Å². The van der Waals surface area contributed by atoms with E-state index < -0.39 is 0 Å². The molecule has 1 aromatic carbocycles. The van der Waals surface area contributed by atoms with Crippen molar-refractivity contribution in [1.82, 2.24) is 0 Å². The molecule has 4 atom stereocenters. The van der Waals surface area contributed by atoms with E-state index >= 15 is 0 Å². The number of benzene rings is 1. The Kier molecular flexibility index (Phi) is 2.68. The van der Waals surface area contributed by atoms with Crippen molar-refractivity contribution in [2.24, 2.45) is 11.7 Å². The Labute approximate surface area is 101 Å². The number of ether oxygens (including phenoxy) is 1. The summed E-state index contributed by atoms with van der Waals surface area (Å²) in [5, 5.41) is 0. The molecule has 0 amide bonds. The lowest BCUT2D eigenvalue weighted by molar-refractivity contribution is 0.0884. The second-order valence-corrected chi connectivity index (χ2v) is 5.31. The first-order chi connectivity index (χ1) is 8.15. The average Bonchev–Trinajstić information content (AvgIpc) is 2.93. The van der Waals surface area contributed by atoms with Crippen LogP contribution in [-0.4, -0.2) is 12.2 Å². The Balaban J connectivity index is 1.81. The van der Waals surface area contributed by atoms with E-state index in [0.29, 0.717) is 23.7 Å². The molecule has 0 aromatic heterocycles. The molecule has 0 saturated carbocycles. The van der Waals surface area contributed by atoms with Gasteiger partial charge < -0.3 is 10.5 Å². The third-order valence-corrected chi connectivity index (χ3v) is 4.18. The normalized spacial score (nSPS) is 33.0. The summed E-state index contributed by atoms with van der Waals surface area (Å²) >= 11 is 0. The van der Waals surface area contributed by atoms with Crippen LogP contribution in [0.3, 0.4) is 0 Å². The molecule has 0 radical (unpaired) electrons. The molecule has 2 N–H and O–H groups in total. The second kappa shape index (κ2) is 4.07. The van der Waals surface area contributed by atoms with Gasteiger partial charge in [0.25, 0.3) is 0 Å². The molecule has 2 heterocycles. The van der Waals surface area contributed by atoms with Gasteiger partial charge in [-0.15, -0.1) is 0 Å². The maximum atomic E-state index is 13.2. The summed E-state index contributed by atoms with van der Waals surface area (Å²) in [5.74, 6) is 0.240. The zero-order valence-corrected chi connectivity index (χ0v) is 10.0. The van der Waals surface area contributed by atoms with Gasteiger partial charge in [-0.25, -0.2) is 4.39 Å². The molecular formula is C14H18FNO. The first-order valence-corrected chi connectivity index (χ1v) is 6.32. The Morgan fingerprint density at radius 2 is 2.24 bits per heavy atom. The smallest absolute Gasteiger partial charge is 0.126 e. The Hall–Kier alpha value is -0.930. The van der Waals surface area contributed by atoms with Gasteiger partial charge in [-0.05, 0) is 43.4 Å². The van der Waals surface area contributed by atoms with E-state index in [1.54, 1.807) is 13.0 Å². The maximum Gasteiger partial charge on any atom is 0.126 e. The van der Waals surface area contributed by atoms with E-state index in [9.17, 15) is 4.39 Å². The lowest BCUT2D eigenvalue weighted by atomic mass is 9.81. The van der Waals surface area contributed by atoms with E-state index in [2.05, 4.69) is 0 Å². The predicted octanol–water partition coefficient (Wildman–Crippen LogP) is 2.70. The summed E-state index contributed by atoms with van der Waals surface area (Å²) in [6.07, 6.45) is 4.10. The summed E-state index contributed by atoms with van der Waals surface area (Å²) < 4.78 is 19.1. The van der Waals surface area contributed by atoms with Crippen LogP contribution in [0.5, 0.6) is 0 Å². The molecule has 17 heavy (non-hydrogen) atoms. The molecule has 92 valence electrons. The highest BCUT2D eigenvalue weighted by Gasteiger charge is 2.43. The molecule has 2 saturated heterocycles. The molecular weight excluding hydrogens is 217 g/mol. The predicted molar refractivity (Wildman–Crippen MR) is 64.1 cm³/mol. The number of fused-ring (bicyclic) bond motifs is 2. The van der Waals surface area contributed by atoms with Gasteiger partial charge in [0.15, 0.2) is 0 Å². The molecule has 0 aliphatic carbocycles. The fourth-order valence-electron chi connectivity index (χ4n) is 3.18. The molecule has 2 nitrogen and oxygen atoms in total. The van der Waals surface area contributed by atoms with Crippen LogP contribution in [0.4, 0.5) is 4.39 Å². The SMILES string of the molecule is Cc1cc(C(N)C2CC3CCC2O3)ccc1F. The quantitative estimate of drug-likeness (QED) is 0.855. The average molecular weight is 235 g/mol. The van der Waals surface area contributed by atoms with Crippen LogP contribution in [0.2, 0.25) is 0 Å². The summed E-state index contributed by atoms with van der Waals surface area (Å²) in [6, 6.07) is 5.16. The number of halogens is 1. The van der Waals surface area contributed by atoms with E-state index in [-0.39, 0.29) is 11.9 Å². The van der Waals surface area contributed by atoms with Gasteiger partial charge in [0.2, 0.25) is 0 Å². The number of aryl methyl sites for hydroxylation is 1. The highest BCUT2D eigenvalue weighted by atomic mass is 19.1. The van der Waals surface area contributed by atoms with Gasteiger partial charge >= 0.3 is 0 Å². The van der Waals surface area contributed by atoms with Crippen molar-refractivity contribution >= 4 is 0 Å². The number of hydrogen-bond acceptors (Lipinski definition) is 2. The fourth-order valence-corrected chi connectivity index (χ4v) is 3.18. The fraction of sp³-hybridized carbons (Fsp3) is 0.571. The van der Waals surface area contributed by atoms with Crippen LogP contribution in [0, 0.1) is 18.7 Å². The molecule has 2 aliphatic rings. The zero-order valence-electron chi connectivity index (χ0n) is 10.0. The van der Waals surface area contributed by atoms with Crippen LogP contribution >= 0.6 is 0 Å². The highest BCUT2D eigenvalue weighted by Crippen LogP contribution is 2.43. The third-order valence-electron chi connectivity index (χ3n) is 4.18. The van der Waals surface area contributed by atoms with Crippen LogP contribution in [0.15, 0.2) is 18.2 Å². The second-order valence-electron chi connectivity index (χ2n) is 5.31. The third kappa shape index (κ3) is 1.87. The standard InChI is InChI=1S/C14H18FNO/c1-8-6-9(2-4-12(8)15)14(16)11-7-10-3-5-13(11)17-10/h2,4,6,10-11,13-14H,3,5,7,16H2,1H3. The summed E-state index contributed by atoms with van der Waals surface area (Å²) in [7, 11) is 0. The number of rotatable bonds is 2. The van der Waals surface area contributed by atoms with Crippen LogP contribution < -0.4 is 5.73 Å². The largest absolute Gasteiger partial charge is 0.375 e. The van der Waals surface area contributed by atoms with Crippen LogP contribution in [0.1, 0.15) is 36.4 Å². The van der Waals surface area contributed by atoms with Gasteiger partial charge in [0.1, 0.15) is 5.82 Å². The van der Waals surface area contributed by atoms with E-state index in [4.69, 9.17) is 10.5 Å². The van der Waals surface area contributed by atoms with Gasteiger partial charge in [-0.1, -0.05) is 12.1 Å². The molecule has 0 spiro atoms. The van der Waals surface area contributed by atoms with E-state index in [0.717, 1.165) is 18.4 Å². The lowest BCUT2D eigenvalue weighted by Crippen LogP contribution is -2.29. The van der Waals surface area contributed by atoms with Gasteiger partial charge in [-0.3, -0.25) is 0 Å². The molecule has 3 rings (SSSR count). The van der Waals surface area contributed by atoms with Gasteiger partial charge in [0, 0.05) is 12.0 Å². The van der Waals surface area contributed by atoms with Crippen molar-refractivity contribution < 1.29 is 9.13 Å². The minimum Gasteiger partial charge on any atom is -0.375 e. The number of hydrogen-bond donors (Lipinski definition) is 1. The molecule has 3 heteroatoms. The van der Waals surface area contributed by atoms with Crippen molar-refractivity contribution in [3.05, 3.63) is 35.1 Å². The lowest BCUT2D eigenvalue weighted by Gasteiger charge is -2.25. The van der Waals surface area contributed by atoms with Crippen LogP contribution in [-0.2, 0) is 4.74 Å². The van der Waals surface area contributed by atoms with E-state index in [1.807, 2.05) is 6.07 Å². The highest BCUT2D eigenvalue weighted by molar-refractivity contribution is 5.27. The molecule has 1 aromatic rings. The Morgan fingerprint density at radius 3 is 2.82 bits per heavy atom. The molecule has 2 fully saturated rings.